The third kappa shape index (κ3) is 3.70. The number of fused-ring (bicyclic) bond motifs is 3. The van der Waals surface area contributed by atoms with Gasteiger partial charge in [-0.1, -0.05) is 34.6 Å². The van der Waals surface area contributed by atoms with Crippen LogP contribution in [-0.4, -0.2) is 58.0 Å². The van der Waals surface area contributed by atoms with Gasteiger partial charge in [0.2, 0.25) is 5.12 Å². The monoisotopic (exact) mass is 424 g/mol. The Morgan fingerprint density at radius 2 is 1.62 bits per heavy atom. The normalized spacial score (nSPS) is 40.8. The van der Waals surface area contributed by atoms with Crippen LogP contribution in [0.5, 0.6) is 0 Å². The van der Waals surface area contributed by atoms with Crippen LogP contribution in [0.2, 0.25) is 0 Å². The zero-order valence-corrected chi connectivity index (χ0v) is 17.0. The van der Waals surface area contributed by atoms with E-state index in [1.54, 1.807) is 0 Å². The lowest BCUT2D eigenvalue weighted by Crippen LogP contribution is -2.58. The molecule has 0 aromatic rings. The fraction of sp³-hybridized carbons (Fsp3) is 0.938. The smallest absolute Gasteiger partial charge is 0.205 e. The molecule has 0 N–H and O–H groups in total. The van der Waals surface area contributed by atoms with E-state index in [9.17, 15) is 4.79 Å². The molecule has 3 rings (SSSR count). The number of rotatable bonds is 4. The lowest BCUT2D eigenvalue weighted by atomic mass is 9.97. The van der Waals surface area contributed by atoms with Crippen molar-refractivity contribution in [1.82, 2.24) is 0 Å². The van der Waals surface area contributed by atoms with Gasteiger partial charge in [0.1, 0.15) is 29.2 Å². The highest BCUT2D eigenvalue weighted by atomic mass is 79.9. The molecule has 8 heteroatoms. The van der Waals surface area contributed by atoms with Crippen LogP contribution in [0.4, 0.5) is 0 Å². The van der Waals surface area contributed by atoms with Crippen molar-refractivity contribution < 1.29 is 28.5 Å². The largest absolute Gasteiger partial charge is 0.342 e. The summed E-state index contributed by atoms with van der Waals surface area (Å²) in [4.78, 5) is 11.9. The number of ether oxygens (including phenoxy) is 5. The number of hydrogen-bond acceptors (Lipinski definition) is 7. The summed E-state index contributed by atoms with van der Waals surface area (Å²) in [5.41, 5.74) is 0. The average molecular weight is 425 g/mol. The van der Waals surface area contributed by atoms with Crippen molar-refractivity contribution in [3.63, 3.8) is 0 Å². The summed E-state index contributed by atoms with van der Waals surface area (Å²) in [6.45, 7) is 9.44. The van der Waals surface area contributed by atoms with Crippen LogP contribution in [0, 0.1) is 0 Å². The molecule has 138 valence electrons. The Morgan fingerprint density at radius 1 is 1.04 bits per heavy atom. The SMILES string of the molecule is CCCSC(=O)[C@H](Br)[C@H]1O[C@@H]2OC(C)(C)O[C@H]2[C@H]2OC(C)(C)O[C@@H]21. The highest BCUT2D eigenvalue weighted by Crippen LogP contribution is 2.45. The van der Waals surface area contributed by atoms with E-state index in [2.05, 4.69) is 15.9 Å². The third-order valence-electron chi connectivity index (χ3n) is 4.15. The van der Waals surface area contributed by atoms with Crippen LogP contribution < -0.4 is 0 Å². The molecule has 6 atom stereocenters. The number of carbonyl (C=O) groups excluding carboxylic acids is 1. The fourth-order valence-electron chi connectivity index (χ4n) is 3.29. The highest BCUT2D eigenvalue weighted by molar-refractivity contribution is 9.10. The molecule has 3 aliphatic heterocycles. The van der Waals surface area contributed by atoms with Gasteiger partial charge in [-0.15, -0.1) is 0 Å². The minimum absolute atomic E-state index is 0.0329. The van der Waals surface area contributed by atoms with E-state index in [1.807, 2.05) is 34.6 Å². The molecule has 0 bridgehead atoms. The molecule has 3 heterocycles. The molecule has 3 fully saturated rings. The summed E-state index contributed by atoms with van der Waals surface area (Å²) in [6.07, 6.45) is -1.24. The van der Waals surface area contributed by atoms with Crippen molar-refractivity contribution in [3.8, 4) is 0 Å². The summed E-state index contributed by atoms with van der Waals surface area (Å²) in [5.74, 6) is -0.731. The third-order valence-corrected chi connectivity index (χ3v) is 6.54. The number of thioether (sulfide) groups is 1. The minimum Gasteiger partial charge on any atom is -0.342 e. The fourth-order valence-corrected chi connectivity index (χ4v) is 4.82. The lowest BCUT2D eigenvalue weighted by Gasteiger charge is -2.38. The van der Waals surface area contributed by atoms with E-state index in [1.165, 1.54) is 11.8 Å². The summed E-state index contributed by atoms with van der Waals surface area (Å²) in [5, 5.41) is 0.0329. The summed E-state index contributed by atoms with van der Waals surface area (Å²) < 4.78 is 30.0. The van der Waals surface area contributed by atoms with Crippen LogP contribution in [-0.2, 0) is 28.5 Å². The maximum atomic E-state index is 12.4. The topological polar surface area (TPSA) is 63.2 Å². The molecule has 0 aliphatic carbocycles. The van der Waals surface area contributed by atoms with Crippen molar-refractivity contribution in [1.29, 1.82) is 0 Å². The first-order chi connectivity index (χ1) is 11.1. The van der Waals surface area contributed by atoms with Gasteiger partial charge in [0.25, 0.3) is 0 Å². The summed E-state index contributed by atoms with van der Waals surface area (Å²) >= 11 is 4.81. The molecular weight excluding hydrogens is 400 g/mol. The molecule has 3 aliphatic rings. The Kier molecular flexibility index (Phi) is 5.40. The van der Waals surface area contributed by atoms with Gasteiger partial charge in [-0.3, -0.25) is 4.79 Å². The zero-order chi connectivity index (χ0) is 17.7. The van der Waals surface area contributed by atoms with Gasteiger partial charge >= 0.3 is 0 Å². The first-order valence-electron chi connectivity index (χ1n) is 8.31. The van der Waals surface area contributed by atoms with Crippen LogP contribution in [0.25, 0.3) is 0 Å². The zero-order valence-electron chi connectivity index (χ0n) is 14.6. The molecule has 0 aromatic heterocycles. The first-order valence-corrected chi connectivity index (χ1v) is 10.2. The quantitative estimate of drug-likeness (QED) is 0.642. The maximum absolute atomic E-state index is 12.4. The molecule has 0 aromatic carbocycles. The predicted octanol–water partition coefficient (Wildman–Crippen LogP) is 2.82. The van der Waals surface area contributed by atoms with Gasteiger partial charge in [-0.05, 0) is 34.1 Å². The number of halogens is 1. The van der Waals surface area contributed by atoms with E-state index in [-0.39, 0.29) is 17.3 Å². The van der Waals surface area contributed by atoms with Crippen molar-refractivity contribution in [3.05, 3.63) is 0 Å². The molecule has 0 spiro atoms. The molecule has 24 heavy (non-hydrogen) atoms. The van der Waals surface area contributed by atoms with Gasteiger partial charge in [0, 0.05) is 5.75 Å². The van der Waals surface area contributed by atoms with Gasteiger partial charge in [0.05, 0.1) is 0 Å². The Labute approximate surface area is 155 Å². The van der Waals surface area contributed by atoms with Gasteiger partial charge in [-0.2, -0.15) is 0 Å². The standard InChI is InChI=1S/C16H25BrO6S/c1-6-7-24-13(18)8(17)9-10-11(21-15(2,3)20-10)12-14(19-9)23-16(4,5)22-12/h8-12,14H,6-7H2,1-5H3/t8-,9-,10-,11+,12+,14-/m1/s1. The van der Waals surface area contributed by atoms with Crippen molar-refractivity contribution in [2.45, 2.75) is 88.1 Å². The average Bonchev–Trinajstić information content (AvgIpc) is 2.97. The maximum Gasteiger partial charge on any atom is 0.205 e. The van der Waals surface area contributed by atoms with Crippen LogP contribution in [0.3, 0.4) is 0 Å². The highest BCUT2D eigenvalue weighted by Gasteiger charge is 2.62. The van der Waals surface area contributed by atoms with Crippen molar-refractivity contribution >= 4 is 32.8 Å². The molecule has 0 saturated carbocycles. The van der Waals surface area contributed by atoms with Crippen LogP contribution >= 0.6 is 27.7 Å². The molecule has 6 nitrogen and oxygen atoms in total. The summed E-state index contributed by atoms with van der Waals surface area (Å²) in [7, 11) is 0. The second-order valence-electron chi connectivity index (χ2n) is 7.20. The van der Waals surface area contributed by atoms with E-state index in [0.717, 1.165) is 12.2 Å². The Bertz CT molecular complexity index is 499. The number of hydrogen-bond donors (Lipinski definition) is 0. The molecule has 0 amide bonds. The van der Waals surface area contributed by atoms with Crippen LogP contribution in [0.15, 0.2) is 0 Å². The Morgan fingerprint density at radius 3 is 2.29 bits per heavy atom. The minimum atomic E-state index is -0.756. The molecule has 0 unspecified atom stereocenters. The van der Waals surface area contributed by atoms with Crippen molar-refractivity contribution in [2.24, 2.45) is 0 Å². The van der Waals surface area contributed by atoms with Gasteiger partial charge < -0.3 is 23.7 Å². The second-order valence-corrected chi connectivity index (χ2v) is 9.29. The number of alkyl halides is 1. The van der Waals surface area contributed by atoms with E-state index in [0.29, 0.717) is 0 Å². The molecular formula is C16H25BrO6S. The van der Waals surface area contributed by atoms with Crippen LogP contribution in [0.1, 0.15) is 41.0 Å². The van der Waals surface area contributed by atoms with Gasteiger partial charge in [-0.25, -0.2) is 0 Å². The van der Waals surface area contributed by atoms with Gasteiger partial charge in [0.15, 0.2) is 17.9 Å². The first kappa shape index (κ1) is 19.1. The Balaban J connectivity index is 1.81. The second kappa shape index (κ2) is 6.79. The molecule has 0 radical (unpaired) electrons. The molecule has 3 saturated heterocycles. The number of carbonyl (C=O) groups is 1. The lowest BCUT2D eigenvalue weighted by molar-refractivity contribution is -0.231. The summed E-state index contributed by atoms with van der Waals surface area (Å²) in [6, 6.07) is 0. The van der Waals surface area contributed by atoms with E-state index < -0.39 is 34.9 Å². The van der Waals surface area contributed by atoms with E-state index >= 15 is 0 Å². The predicted molar refractivity (Wildman–Crippen MR) is 93.0 cm³/mol. The van der Waals surface area contributed by atoms with E-state index in [4.69, 9.17) is 23.7 Å². The van der Waals surface area contributed by atoms with Crippen molar-refractivity contribution in [2.75, 3.05) is 5.75 Å². The Hall–Kier alpha value is 0.300.